The van der Waals surface area contributed by atoms with Crippen LogP contribution in [0.15, 0.2) is 36.4 Å². The fourth-order valence-corrected chi connectivity index (χ4v) is 2.91. The highest BCUT2D eigenvalue weighted by Gasteiger charge is 2.23. The van der Waals surface area contributed by atoms with Crippen molar-refractivity contribution in [2.45, 2.75) is 26.8 Å². The number of carbonyl (C=O) groups is 1. The van der Waals surface area contributed by atoms with E-state index < -0.39 is 40.7 Å². The molecule has 0 radical (unpaired) electrons. The minimum atomic E-state index is -1.73. The maximum absolute atomic E-state index is 13.9. The molecule has 1 atom stereocenters. The summed E-state index contributed by atoms with van der Waals surface area (Å²) in [5.74, 6) is -7.25. The van der Waals surface area contributed by atoms with Crippen LogP contribution in [-0.4, -0.2) is 20.8 Å². The first-order valence-corrected chi connectivity index (χ1v) is 8.50. The number of rotatable bonds is 4. The average molecular weight is 389 g/mol. The number of benzene rings is 2. The van der Waals surface area contributed by atoms with Gasteiger partial charge in [-0.3, -0.25) is 4.79 Å². The number of carbonyl (C=O) groups excluding carboxylic acids is 1. The van der Waals surface area contributed by atoms with Gasteiger partial charge in [-0.15, -0.1) is 0 Å². The highest BCUT2D eigenvalue weighted by Crippen LogP contribution is 2.26. The van der Waals surface area contributed by atoms with Crippen LogP contribution in [0, 0.1) is 31.3 Å². The van der Waals surface area contributed by atoms with Gasteiger partial charge in [0.05, 0.1) is 23.0 Å². The molecular weight excluding hydrogens is 371 g/mol. The van der Waals surface area contributed by atoms with Crippen molar-refractivity contribution in [3.63, 3.8) is 0 Å². The molecule has 1 heterocycles. The molecule has 3 aromatic rings. The van der Waals surface area contributed by atoms with Crippen molar-refractivity contribution < 1.29 is 23.1 Å². The molecule has 146 valence electrons. The summed E-state index contributed by atoms with van der Waals surface area (Å²) in [5, 5.41) is 16.1. The second-order valence-corrected chi connectivity index (χ2v) is 6.51. The lowest BCUT2D eigenvalue weighted by Gasteiger charge is -2.16. The van der Waals surface area contributed by atoms with Gasteiger partial charge in [-0.25, -0.2) is 13.5 Å². The van der Waals surface area contributed by atoms with E-state index in [1.165, 1.54) is 0 Å². The summed E-state index contributed by atoms with van der Waals surface area (Å²) in [7, 11) is 0. The number of nitrogens with one attached hydrogen (secondary N) is 1. The van der Waals surface area contributed by atoms with Crippen molar-refractivity contribution in [1.82, 2.24) is 15.1 Å². The highest BCUT2D eigenvalue weighted by molar-refractivity contribution is 5.95. The predicted molar refractivity (Wildman–Crippen MR) is 96.9 cm³/mol. The molecule has 3 rings (SSSR count). The molecule has 1 aromatic heterocycles. The highest BCUT2D eigenvalue weighted by atomic mass is 19.2. The summed E-state index contributed by atoms with van der Waals surface area (Å²) in [6.45, 7) is 5.49. The van der Waals surface area contributed by atoms with E-state index in [1.54, 1.807) is 23.7 Å². The molecule has 0 aliphatic heterocycles. The fraction of sp³-hybridized carbons (Fsp3) is 0.200. The van der Waals surface area contributed by atoms with Gasteiger partial charge < -0.3 is 10.4 Å². The maximum Gasteiger partial charge on any atom is 0.254 e. The first-order chi connectivity index (χ1) is 13.2. The van der Waals surface area contributed by atoms with Gasteiger partial charge in [-0.05, 0) is 50.6 Å². The van der Waals surface area contributed by atoms with Crippen molar-refractivity contribution in [2.75, 3.05) is 0 Å². The van der Waals surface area contributed by atoms with E-state index in [4.69, 9.17) is 0 Å². The van der Waals surface area contributed by atoms with E-state index in [2.05, 4.69) is 10.4 Å². The number of phenols is 1. The second-order valence-electron chi connectivity index (χ2n) is 6.51. The number of hydrogen-bond donors (Lipinski definition) is 2. The van der Waals surface area contributed by atoms with E-state index in [1.807, 2.05) is 32.0 Å². The molecule has 0 saturated heterocycles. The number of phenolic OH excluding ortho intramolecular Hbond substituents is 1. The zero-order chi connectivity index (χ0) is 20.6. The van der Waals surface area contributed by atoms with Crippen LogP contribution in [0.5, 0.6) is 5.75 Å². The standard InChI is InChI=1S/C20H18F3N3O2/c1-10-8-11(2)26(25-10)14-6-4-13(5-7-14)12(3)24-20(28)15-9-16(21)18(23)19(27)17(15)22/h4-9,12,27H,1-3H3,(H,24,28)/t12-/m0/s1. The lowest BCUT2D eigenvalue weighted by molar-refractivity contribution is 0.0934. The molecule has 0 aliphatic rings. The summed E-state index contributed by atoms with van der Waals surface area (Å²) in [5.41, 5.74) is 2.64. The topological polar surface area (TPSA) is 67.2 Å². The zero-order valence-electron chi connectivity index (χ0n) is 15.4. The number of aryl methyl sites for hydroxylation is 2. The molecule has 0 saturated carbocycles. The summed E-state index contributed by atoms with van der Waals surface area (Å²) in [6.07, 6.45) is 0. The first kappa shape index (κ1) is 19.5. The van der Waals surface area contributed by atoms with Gasteiger partial charge in [-0.2, -0.15) is 9.49 Å². The van der Waals surface area contributed by atoms with Gasteiger partial charge in [-0.1, -0.05) is 12.1 Å². The molecule has 1 amide bonds. The third-order valence-electron chi connectivity index (χ3n) is 4.37. The third-order valence-corrected chi connectivity index (χ3v) is 4.37. The molecule has 5 nitrogen and oxygen atoms in total. The molecule has 0 fully saturated rings. The van der Waals surface area contributed by atoms with Crippen molar-refractivity contribution in [3.05, 3.63) is 76.4 Å². The Balaban J connectivity index is 1.79. The largest absolute Gasteiger partial charge is 0.503 e. The molecule has 0 unspecified atom stereocenters. The van der Waals surface area contributed by atoms with Gasteiger partial charge in [0.2, 0.25) is 5.82 Å². The van der Waals surface area contributed by atoms with Gasteiger partial charge >= 0.3 is 0 Å². The molecular formula is C20H18F3N3O2. The Hall–Kier alpha value is -3.29. The molecule has 2 N–H and O–H groups in total. The minimum absolute atomic E-state index is 0.415. The van der Waals surface area contributed by atoms with E-state index in [-0.39, 0.29) is 0 Å². The Bertz CT molecular complexity index is 1050. The fourth-order valence-electron chi connectivity index (χ4n) is 2.91. The lowest BCUT2D eigenvalue weighted by Crippen LogP contribution is -2.27. The monoisotopic (exact) mass is 389 g/mol. The second kappa shape index (κ2) is 7.38. The molecule has 0 aliphatic carbocycles. The Kier molecular flexibility index (Phi) is 5.13. The van der Waals surface area contributed by atoms with Crippen molar-refractivity contribution in [1.29, 1.82) is 0 Å². The van der Waals surface area contributed by atoms with Crippen LogP contribution in [0.4, 0.5) is 13.2 Å². The minimum Gasteiger partial charge on any atom is -0.503 e. The van der Waals surface area contributed by atoms with Gasteiger partial charge in [0.15, 0.2) is 17.4 Å². The van der Waals surface area contributed by atoms with E-state index >= 15 is 0 Å². The van der Waals surface area contributed by atoms with Crippen LogP contribution in [0.3, 0.4) is 0 Å². The Morgan fingerprint density at radius 1 is 1.11 bits per heavy atom. The first-order valence-electron chi connectivity index (χ1n) is 8.50. The molecule has 2 aromatic carbocycles. The van der Waals surface area contributed by atoms with Crippen LogP contribution in [0.1, 0.15) is 40.3 Å². The Morgan fingerprint density at radius 2 is 1.75 bits per heavy atom. The number of hydrogen-bond acceptors (Lipinski definition) is 3. The van der Waals surface area contributed by atoms with Gasteiger partial charge in [0, 0.05) is 5.69 Å². The van der Waals surface area contributed by atoms with E-state index in [9.17, 15) is 23.1 Å². The Morgan fingerprint density at radius 3 is 2.32 bits per heavy atom. The number of aromatic nitrogens is 2. The summed E-state index contributed by atoms with van der Waals surface area (Å²) in [4.78, 5) is 12.2. The molecule has 0 spiro atoms. The summed E-state index contributed by atoms with van der Waals surface area (Å²) in [6, 6.07) is 9.01. The SMILES string of the molecule is Cc1cc(C)n(-c2ccc([C@H](C)NC(=O)c3cc(F)c(F)c(O)c3F)cc2)n1. The normalized spacial score (nSPS) is 12.1. The quantitative estimate of drug-likeness (QED) is 0.660. The predicted octanol–water partition coefficient (Wildman–Crippen LogP) is 4.10. The maximum atomic E-state index is 13.9. The average Bonchev–Trinajstić information content (AvgIpc) is 3.01. The van der Waals surface area contributed by atoms with E-state index in [0.29, 0.717) is 11.6 Å². The van der Waals surface area contributed by atoms with Crippen molar-refractivity contribution in [2.24, 2.45) is 0 Å². The van der Waals surface area contributed by atoms with Gasteiger partial charge in [0.1, 0.15) is 0 Å². The molecule has 0 bridgehead atoms. The molecule has 8 heteroatoms. The van der Waals surface area contributed by atoms with Crippen LogP contribution in [0.2, 0.25) is 0 Å². The summed E-state index contributed by atoms with van der Waals surface area (Å²) >= 11 is 0. The number of halogens is 3. The van der Waals surface area contributed by atoms with Crippen molar-refractivity contribution in [3.8, 4) is 11.4 Å². The third kappa shape index (κ3) is 3.58. The number of aromatic hydroxyl groups is 1. The van der Waals surface area contributed by atoms with Crippen LogP contribution in [-0.2, 0) is 0 Å². The molecule has 28 heavy (non-hydrogen) atoms. The Labute approximate surface area is 159 Å². The zero-order valence-corrected chi connectivity index (χ0v) is 15.4. The van der Waals surface area contributed by atoms with Crippen LogP contribution in [0.25, 0.3) is 5.69 Å². The van der Waals surface area contributed by atoms with E-state index in [0.717, 1.165) is 17.1 Å². The smallest absolute Gasteiger partial charge is 0.254 e. The lowest BCUT2D eigenvalue weighted by atomic mass is 10.1. The van der Waals surface area contributed by atoms with Crippen LogP contribution < -0.4 is 5.32 Å². The number of amides is 1. The van der Waals surface area contributed by atoms with Crippen LogP contribution >= 0.6 is 0 Å². The van der Waals surface area contributed by atoms with Gasteiger partial charge in [0.25, 0.3) is 5.91 Å². The van der Waals surface area contributed by atoms with Crippen molar-refractivity contribution >= 4 is 5.91 Å². The number of nitrogens with zero attached hydrogens (tertiary/aromatic N) is 2. The summed E-state index contributed by atoms with van der Waals surface area (Å²) < 4.78 is 42.2.